The van der Waals surface area contributed by atoms with E-state index < -0.39 is 5.97 Å². The Morgan fingerprint density at radius 3 is 2.50 bits per heavy atom. The number of hydrogen-bond donors (Lipinski definition) is 2. The first kappa shape index (κ1) is 15.0. The maximum atomic E-state index is 11.6. The fourth-order valence-electron chi connectivity index (χ4n) is 2.19. The molecule has 0 aromatic carbocycles. The molecule has 1 atom stereocenters. The third kappa shape index (κ3) is 5.04. The van der Waals surface area contributed by atoms with E-state index in [0.717, 1.165) is 19.5 Å². The van der Waals surface area contributed by atoms with Crippen molar-refractivity contribution in [2.24, 2.45) is 0 Å². The molecule has 5 nitrogen and oxygen atoms in total. The molecule has 5 heteroatoms. The smallest absolute Gasteiger partial charge is 0.303 e. The van der Waals surface area contributed by atoms with E-state index in [9.17, 15) is 9.59 Å². The first-order chi connectivity index (χ1) is 8.29. The van der Waals surface area contributed by atoms with Crippen molar-refractivity contribution in [3.05, 3.63) is 0 Å². The summed E-state index contributed by atoms with van der Waals surface area (Å²) in [7, 11) is 0. The Kier molecular flexibility index (Phi) is 5.14. The molecule has 1 aliphatic rings. The predicted octanol–water partition coefficient (Wildman–Crippen LogP) is 1.23. The molecule has 0 aliphatic carbocycles. The zero-order chi connectivity index (χ0) is 13.8. The lowest BCUT2D eigenvalue weighted by Crippen LogP contribution is -2.43. The zero-order valence-electron chi connectivity index (χ0n) is 11.5. The van der Waals surface area contributed by atoms with Crippen LogP contribution < -0.4 is 5.32 Å². The van der Waals surface area contributed by atoms with Gasteiger partial charge in [0, 0.05) is 37.5 Å². The normalized spacial score (nSPS) is 20.9. The van der Waals surface area contributed by atoms with Crippen LogP contribution in [0.15, 0.2) is 0 Å². The molecule has 0 spiro atoms. The van der Waals surface area contributed by atoms with Gasteiger partial charge in [0.05, 0.1) is 0 Å². The van der Waals surface area contributed by atoms with E-state index in [0.29, 0.717) is 12.8 Å². The lowest BCUT2D eigenvalue weighted by molar-refractivity contribution is -0.137. The number of carbonyl (C=O) groups is 2. The molecule has 1 saturated heterocycles. The highest BCUT2D eigenvalue weighted by atomic mass is 16.4. The molecule has 1 heterocycles. The van der Waals surface area contributed by atoms with Gasteiger partial charge < -0.3 is 10.4 Å². The molecule has 104 valence electrons. The van der Waals surface area contributed by atoms with Crippen molar-refractivity contribution >= 4 is 11.9 Å². The van der Waals surface area contributed by atoms with Crippen molar-refractivity contribution in [1.29, 1.82) is 0 Å². The standard InChI is InChI=1S/C13H24N2O3/c1-13(2,3)15-8-7-10(9-15)14-11(16)5-4-6-12(17)18/h10H,4-9H2,1-3H3,(H,14,16)(H,17,18). The molecule has 0 aromatic rings. The average Bonchev–Trinajstić information content (AvgIpc) is 2.64. The van der Waals surface area contributed by atoms with E-state index in [1.165, 1.54) is 0 Å². The zero-order valence-corrected chi connectivity index (χ0v) is 11.5. The van der Waals surface area contributed by atoms with Crippen molar-refractivity contribution in [2.45, 2.75) is 58.0 Å². The van der Waals surface area contributed by atoms with Crippen molar-refractivity contribution in [2.75, 3.05) is 13.1 Å². The summed E-state index contributed by atoms with van der Waals surface area (Å²) in [6, 6.07) is 0.210. The Bertz CT molecular complexity index is 310. The number of aliphatic carboxylic acids is 1. The lowest BCUT2D eigenvalue weighted by atomic mass is 10.1. The number of hydrogen-bond acceptors (Lipinski definition) is 3. The van der Waals surface area contributed by atoms with Gasteiger partial charge in [-0.3, -0.25) is 14.5 Å². The topological polar surface area (TPSA) is 69.6 Å². The molecule has 1 amide bonds. The van der Waals surface area contributed by atoms with Crippen molar-refractivity contribution in [3.8, 4) is 0 Å². The predicted molar refractivity (Wildman–Crippen MR) is 69.4 cm³/mol. The van der Waals surface area contributed by atoms with E-state index in [4.69, 9.17) is 5.11 Å². The highest BCUT2D eigenvalue weighted by molar-refractivity contribution is 5.77. The molecule has 0 saturated carbocycles. The molecule has 18 heavy (non-hydrogen) atoms. The third-order valence-corrected chi connectivity index (χ3v) is 3.30. The summed E-state index contributed by atoms with van der Waals surface area (Å²) in [5.74, 6) is -0.875. The summed E-state index contributed by atoms with van der Waals surface area (Å²) in [6.07, 6.45) is 1.75. The molecule has 1 fully saturated rings. The first-order valence-electron chi connectivity index (χ1n) is 6.55. The number of carboxylic acid groups (broad SMARTS) is 1. The van der Waals surface area contributed by atoms with Crippen LogP contribution in [-0.4, -0.2) is 46.6 Å². The number of nitrogens with zero attached hydrogens (tertiary/aromatic N) is 1. The third-order valence-electron chi connectivity index (χ3n) is 3.30. The molecule has 0 bridgehead atoms. The Labute approximate surface area is 109 Å². The van der Waals surface area contributed by atoms with Gasteiger partial charge in [-0.1, -0.05) is 0 Å². The number of carboxylic acids is 1. The molecule has 1 aliphatic heterocycles. The second kappa shape index (κ2) is 6.18. The highest BCUT2D eigenvalue weighted by Crippen LogP contribution is 2.20. The van der Waals surface area contributed by atoms with Crippen LogP contribution in [0.1, 0.15) is 46.5 Å². The van der Waals surface area contributed by atoms with Crippen LogP contribution in [-0.2, 0) is 9.59 Å². The van der Waals surface area contributed by atoms with Crippen LogP contribution >= 0.6 is 0 Å². The van der Waals surface area contributed by atoms with Crippen LogP contribution in [0, 0.1) is 0 Å². The van der Waals surface area contributed by atoms with Gasteiger partial charge in [0.2, 0.25) is 5.91 Å². The van der Waals surface area contributed by atoms with E-state index in [1.807, 2.05) is 0 Å². The van der Waals surface area contributed by atoms with Gasteiger partial charge in [-0.25, -0.2) is 0 Å². The summed E-state index contributed by atoms with van der Waals surface area (Å²) in [4.78, 5) is 24.3. The van der Waals surface area contributed by atoms with Crippen LogP contribution in [0.3, 0.4) is 0 Å². The molecular formula is C13H24N2O3. The second-order valence-corrected chi connectivity index (χ2v) is 5.92. The minimum Gasteiger partial charge on any atom is -0.481 e. The van der Waals surface area contributed by atoms with Crippen LogP contribution in [0.2, 0.25) is 0 Å². The molecule has 0 aromatic heterocycles. The number of rotatable bonds is 5. The largest absolute Gasteiger partial charge is 0.481 e. The molecular weight excluding hydrogens is 232 g/mol. The Hall–Kier alpha value is -1.10. The number of carbonyl (C=O) groups excluding carboxylic acids is 1. The van der Waals surface area contributed by atoms with Crippen LogP contribution in [0.4, 0.5) is 0 Å². The average molecular weight is 256 g/mol. The first-order valence-corrected chi connectivity index (χ1v) is 6.55. The Balaban J connectivity index is 2.24. The minimum absolute atomic E-state index is 0.0305. The van der Waals surface area contributed by atoms with Crippen molar-refractivity contribution in [1.82, 2.24) is 10.2 Å². The lowest BCUT2D eigenvalue weighted by Gasteiger charge is -2.31. The molecule has 2 N–H and O–H groups in total. The molecule has 1 rings (SSSR count). The summed E-state index contributed by atoms with van der Waals surface area (Å²) in [6.45, 7) is 8.40. The fraction of sp³-hybridized carbons (Fsp3) is 0.846. The van der Waals surface area contributed by atoms with Gasteiger partial charge in [0.15, 0.2) is 0 Å². The maximum absolute atomic E-state index is 11.6. The number of nitrogens with one attached hydrogen (secondary N) is 1. The van der Waals surface area contributed by atoms with Gasteiger partial charge in [-0.2, -0.15) is 0 Å². The van der Waals surface area contributed by atoms with Crippen LogP contribution in [0.5, 0.6) is 0 Å². The summed E-state index contributed by atoms with van der Waals surface area (Å²) >= 11 is 0. The SMILES string of the molecule is CC(C)(C)N1CCC(NC(=O)CCCC(=O)O)C1. The summed E-state index contributed by atoms with van der Waals surface area (Å²) < 4.78 is 0. The number of amides is 1. The Morgan fingerprint density at radius 1 is 1.33 bits per heavy atom. The van der Waals surface area contributed by atoms with E-state index in [1.54, 1.807) is 0 Å². The van der Waals surface area contributed by atoms with E-state index in [2.05, 4.69) is 31.0 Å². The Morgan fingerprint density at radius 2 is 2.00 bits per heavy atom. The summed E-state index contributed by atoms with van der Waals surface area (Å²) in [5, 5.41) is 11.5. The minimum atomic E-state index is -0.845. The monoisotopic (exact) mass is 256 g/mol. The van der Waals surface area contributed by atoms with Gasteiger partial charge in [-0.05, 0) is 33.6 Å². The maximum Gasteiger partial charge on any atom is 0.303 e. The van der Waals surface area contributed by atoms with Gasteiger partial charge >= 0.3 is 5.97 Å². The summed E-state index contributed by atoms with van der Waals surface area (Å²) in [5.41, 5.74) is 0.142. The van der Waals surface area contributed by atoms with Crippen molar-refractivity contribution < 1.29 is 14.7 Å². The van der Waals surface area contributed by atoms with Gasteiger partial charge in [0.1, 0.15) is 0 Å². The van der Waals surface area contributed by atoms with Gasteiger partial charge in [-0.15, -0.1) is 0 Å². The number of likely N-dealkylation sites (tertiary alicyclic amines) is 1. The quantitative estimate of drug-likeness (QED) is 0.776. The van der Waals surface area contributed by atoms with Gasteiger partial charge in [0.25, 0.3) is 0 Å². The van der Waals surface area contributed by atoms with E-state index in [-0.39, 0.29) is 23.9 Å². The van der Waals surface area contributed by atoms with E-state index >= 15 is 0 Å². The molecule has 0 radical (unpaired) electrons. The highest BCUT2D eigenvalue weighted by Gasteiger charge is 2.30. The van der Waals surface area contributed by atoms with Crippen molar-refractivity contribution in [3.63, 3.8) is 0 Å². The van der Waals surface area contributed by atoms with Crippen LogP contribution in [0.25, 0.3) is 0 Å². The fourth-order valence-corrected chi connectivity index (χ4v) is 2.19. The second-order valence-electron chi connectivity index (χ2n) is 5.92. The molecule has 1 unspecified atom stereocenters.